The van der Waals surface area contributed by atoms with Gasteiger partial charge in [0.1, 0.15) is 0 Å². The Balaban J connectivity index is 0. The van der Waals surface area contributed by atoms with E-state index in [1.54, 1.807) is 0 Å². The first-order chi connectivity index (χ1) is 4.79. The zero-order valence-corrected chi connectivity index (χ0v) is 9.80. The van der Waals surface area contributed by atoms with Gasteiger partial charge in [-0.1, -0.05) is 13.3 Å². The molecule has 70 valence electrons. The number of rotatable bonds is 2. The molecule has 3 nitrogen and oxygen atoms in total. The molecular formula is C3H8Cl3O3SSi-. The van der Waals surface area contributed by atoms with Gasteiger partial charge < -0.3 is 9.11 Å². The summed E-state index contributed by atoms with van der Waals surface area (Å²) in [6, 6.07) is -1.47. The molecule has 0 heterocycles. The maximum Gasteiger partial charge on any atom is 0.341 e. The fourth-order valence-electron chi connectivity index (χ4n) is 0.283. The second-order valence-corrected chi connectivity index (χ2v) is 11.3. The average molecular weight is 259 g/mol. The molecular weight excluding hydrogens is 251 g/mol. The van der Waals surface area contributed by atoms with Gasteiger partial charge in [-0.25, -0.2) is 4.21 Å². The van der Waals surface area contributed by atoms with Crippen molar-refractivity contribution < 1.29 is 13.3 Å². The van der Waals surface area contributed by atoms with Gasteiger partial charge in [-0.2, -0.15) is 0 Å². The largest absolute Gasteiger partial charge is 0.750 e. The Morgan fingerprint density at radius 3 is 1.82 bits per heavy atom. The fourth-order valence-corrected chi connectivity index (χ4v) is 2.55. The summed E-state index contributed by atoms with van der Waals surface area (Å²) in [5.41, 5.74) is 0. The van der Waals surface area contributed by atoms with Crippen molar-refractivity contribution in [2.45, 2.75) is 19.4 Å². The summed E-state index contributed by atoms with van der Waals surface area (Å²) in [7, 11) is 0. The van der Waals surface area contributed by atoms with E-state index < -0.39 is 17.4 Å². The molecule has 0 aromatic rings. The lowest BCUT2D eigenvalue weighted by Crippen LogP contribution is -2.06. The Morgan fingerprint density at radius 2 is 1.82 bits per heavy atom. The second-order valence-electron chi connectivity index (χ2n) is 1.58. The van der Waals surface area contributed by atoms with E-state index in [9.17, 15) is 0 Å². The van der Waals surface area contributed by atoms with Crippen LogP contribution >= 0.6 is 33.2 Å². The van der Waals surface area contributed by atoms with Crippen LogP contribution in [-0.4, -0.2) is 19.3 Å². The van der Waals surface area contributed by atoms with Crippen LogP contribution in [0.15, 0.2) is 0 Å². The summed E-state index contributed by atoms with van der Waals surface area (Å²) in [5.74, 6) is 0. The highest BCUT2D eigenvalue weighted by atomic mass is 35.8. The maximum atomic E-state index is 8.56. The topological polar surface area (TPSA) is 60.4 Å². The Morgan fingerprint density at radius 1 is 1.55 bits per heavy atom. The van der Waals surface area contributed by atoms with E-state index >= 15 is 0 Å². The minimum absolute atomic E-state index is 0.775. The highest BCUT2D eigenvalue weighted by Crippen LogP contribution is 2.25. The van der Waals surface area contributed by atoms with E-state index in [0.29, 0.717) is 0 Å². The first-order valence-corrected chi connectivity index (χ1v) is 8.92. The Bertz CT molecular complexity index is 113. The van der Waals surface area contributed by atoms with Crippen LogP contribution in [0, 0.1) is 0 Å². The Labute approximate surface area is 83.3 Å². The molecule has 0 spiro atoms. The van der Waals surface area contributed by atoms with Crippen molar-refractivity contribution in [3.63, 3.8) is 0 Å². The fraction of sp³-hybridized carbons (Fsp3) is 1.00. The van der Waals surface area contributed by atoms with Gasteiger partial charge in [0.2, 0.25) is 0 Å². The van der Waals surface area contributed by atoms with Gasteiger partial charge in [0, 0.05) is 0 Å². The summed E-state index contributed by atoms with van der Waals surface area (Å²) >= 11 is 13.6. The Kier molecular flexibility index (Phi) is 10.4. The molecule has 0 rings (SSSR count). The smallest absolute Gasteiger partial charge is 0.341 e. The van der Waals surface area contributed by atoms with Crippen LogP contribution in [0.25, 0.3) is 0 Å². The molecule has 0 aromatic carbocycles. The molecule has 0 amide bonds. The van der Waals surface area contributed by atoms with Crippen LogP contribution in [0.1, 0.15) is 13.3 Å². The second kappa shape index (κ2) is 7.79. The number of hydrogen-bond donors (Lipinski definition) is 1. The third-order valence-corrected chi connectivity index (χ3v) is 3.30. The standard InChI is InChI=1S/C3H7Cl3Si.H2O3S/c1-2-3-7(4,5)6;1-4(2)3/h2-3H2,1H3;(H2,1,2,3)/p-1. The van der Waals surface area contributed by atoms with Gasteiger partial charge in [0.15, 0.2) is 0 Å². The van der Waals surface area contributed by atoms with Crippen LogP contribution in [0.5, 0.6) is 0 Å². The third-order valence-electron chi connectivity index (χ3n) is 0.533. The van der Waals surface area contributed by atoms with Gasteiger partial charge in [0.05, 0.1) is 11.4 Å². The Hall–Kier alpha value is 1.16. The monoisotopic (exact) mass is 257 g/mol. The van der Waals surface area contributed by atoms with Gasteiger partial charge in [-0.05, 0) is 6.04 Å². The van der Waals surface area contributed by atoms with E-state index in [4.69, 9.17) is 46.6 Å². The molecule has 0 saturated heterocycles. The van der Waals surface area contributed by atoms with Gasteiger partial charge >= 0.3 is 6.00 Å². The molecule has 11 heavy (non-hydrogen) atoms. The van der Waals surface area contributed by atoms with Gasteiger partial charge in [0.25, 0.3) is 0 Å². The summed E-state index contributed by atoms with van der Waals surface area (Å²) in [5, 5.41) is 0. The summed E-state index contributed by atoms with van der Waals surface area (Å²) < 4.78 is 24.1. The molecule has 0 bridgehead atoms. The molecule has 0 aromatic heterocycles. The van der Waals surface area contributed by atoms with E-state index in [1.807, 2.05) is 6.92 Å². The number of hydrogen-bond acceptors (Lipinski definition) is 2. The normalized spacial score (nSPS) is 13.3. The lowest BCUT2D eigenvalue weighted by Gasteiger charge is -2.01. The zero-order chi connectivity index (χ0) is 9.49. The van der Waals surface area contributed by atoms with E-state index in [2.05, 4.69) is 0 Å². The highest BCUT2D eigenvalue weighted by Gasteiger charge is 2.22. The zero-order valence-electron chi connectivity index (χ0n) is 5.72. The lowest BCUT2D eigenvalue weighted by molar-refractivity contribution is 0.436. The lowest BCUT2D eigenvalue weighted by atomic mass is 10.6. The minimum Gasteiger partial charge on any atom is -0.750 e. The molecule has 0 fully saturated rings. The molecule has 0 saturated carbocycles. The molecule has 1 N–H and O–H groups in total. The van der Waals surface area contributed by atoms with Crippen LogP contribution < -0.4 is 0 Å². The predicted octanol–water partition coefficient (Wildman–Crippen LogP) is 2.39. The van der Waals surface area contributed by atoms with Gasteiger partial charge in [-0.3, -0.25) is 0 Å². The highest BCUT2D eigenvalue weighted by molar-refractivity contribution is 7.73. The van der Waals surface area contributed by atoms with Crippen molar-refractivity contribution in [1.82, 2.24) is 0 Å². The van der Waals surface area contributed by atoms with E-state index in [-0.39, 0.29) is 0 Å². The van der Waals surface area contributed by atoms with Gasteiger partial charge in [-0.15, -0.1) is 33.2 Å². The quantitative estimate of drug-likeness (QED) is 0.470. The minimum atomic E-state index is -2.86. The van der Waals surface area contributed by atoms with Crippen LogP contribution in [0.2, 0.25) is 6.04 Å². The van der Waals surface area contributed by atoms with Crippen molar-refractivity contribution in [2.75, 3.05) is 0 Å². The molecule has 0 radical (unpaired) electrons. The molecule has 1 unspecified atom stereocenters. The molecule has 0 aliphatic heterocycles. The van der Waals surface area contributed by atoms with Crippen molar-refractivity contribution >= 4 is 50.6 Å². The van der Waals surface area contributed by atoms with Crippen molar-refractivity contribution in [2.24, 2.45) is 0 Å². The molecule has 1 atom stereocenters. The van der Waals surface area contributed by atoms with E-state index in [0.717, 1.165) is 12.5 Å². The van der Waals surface area contributed by atoms with Crippen LogP contribution in [0.4, 0.5) is 0 Å². The van der Waals surface area contributed by atoms with Crippen LogP contribution in [0.3, 0.4) is 0 Å². The summed E-state index contributed by atoms with van der Waals surface area (Å²) in [4.78, 5) is 0. The van der Waals surface area contributed by atoms with Crippen molar-refractivity contribution in [3.8, 4) is 0 Å². The SMILES string of the molecule is CCC[Si](Cl)(Cl)Cl.O=S([O-])O. The maximum absolute atomic E-state index is 8.56. The number of halogens is 3. The first-order valence-electron chi connectivity index (χ1n) is 2.64. The predicted molar refractivity (Wildman–Crippen MR) is 50.0 cm³/mol. The average Bonchev–Trinajstić information content (AvgIpc) is 1.58. The van der Waals surface area contributed by atoms with E-state index in [1.165, 1.54) is 0 Å². The first kappa shape index (κ1) is 14.7. The summed E-state index contributed by atoms with van der Waals surface area (Å²) in [6.07, 6.45) is 0.975. The third kappa shape index (κ3) is 35.2. The molecule has 8 heteroatoms. The molecule has 0 aliphatic rings. The summed E-state index contributed by atoms with van der Waals surface area (Å²) in [6.45, 7) is 2.01. The molecule has 0 aliphatic carbocycles. The van der Waals surface area contributed by atoms with Crippen molar-refractivity contribution in [3.05, 3.63) is 0 Å². The van der Waals surface area contributed by atoms with Crippen molar-refractivity contribution in [1.29, 1.82) is 0 Å². The van der Waals surface area contributed by atoms with Crippen LogP contribution in [-0.2, 0) is 11.4 Å².